The second-order valence-electron chi connectivity index (χ2n) is 5.59. The second-order valence-corrected chi connectivity index (χ2v) is 5.59. The molecule has 1 amide bonds. The van der Waals surface area contributed by atoms with Crippen LogP contribution in [-0.4, -0.2) is 41.2 Å². The Morgan fingerprint density at radius 1 is 1.38 bits per heavy atom. The zero-order valence-corrected chi connectivity index (χ0v) is 12.7. The Bertz CT molecular complexity index is 435. The molecule has 1 aliphatic heterocycles. The van der Waals surface area contributed by atoms with Crippen molar-refractivity contribution in [3.05, 3.63) is 30.3 Å². The lowest BCUT2D eigenvalue weighted by atomic mass is 9.97. The molecule has 21 heavy (non-hydrogen) atoms. The molecule has 2 rings (SSSR count). The number of likely N-dealkylation sites (tertiary alicyclic amines) is 1. The lowest BCUT2D eigenvalue weighted by molar-refractivity contribution is -0.136. The summed E-state index contributed by atoms with van der Waals surface area (Å²) < 4.78 is 5.60. The van der Waals surface area contributed by atoms with E-state index in [-0.39, 0.29) is 18.1 Å². The van der Waals surface area contributed by atoms with Gasteiger partial charge in [-0.3, -0.25) is 4.79 Å². The predicted octanol–water partition coefficient (Wildman–Crippen LogP) is 2.61. The van der Waals surface area contributed by atoms with Crippen LogP contribution in [0.2, 0.25) is 0 Å². The van der Waals surface area contributed by atoms with Crippen LogP contribution in [0.25, 0.3) is 0 Å². The summed E-state index contributed by atoms with van der Waals surface area (Å²) in [5, 5.41) is 9.69. The Hall–Kier alpha value is -1.55. The smallest absolute Gasteiger partial charge is 0.222 e. The van der Waals surface area contributed by atoms with Crippen molar-refractivity contribution in [3.63, 3.8) is 0 Å². The highest BCUT2D eigenvalue weighted by Crippen LogP contribution is 2.21. The molecule has 1 N–H and O–H groups in total. The number of benzene rings is 1. The van der Waals surface area contributed by atoms with Crippen molar-refractivity contribution in [2.45, 2.75) is 51.2 Å². The highest BCUT2D eigenvalue weighted by Gasteiger charge is 2.28. The summed E-state index contributed by atoms with van der Waals surface area (Å²) in [6, 6.07) is 9.85. The van der Waals surface area contributed by atoms with Gasteiger partial charge in [-0.25, -0.2) is 0 Å². The van der Waals surface area contributed by atoms with Gasteiger partial charge in [0.1, 0.15) is 5.75 Å². The lowest BCUT2D eigenvalue weighted by Crippen LogP contribution is -2.47. The minimum absolute atomic E-state index is 0.186. The van der Waals surface area contributed by atoms with E-state index < -0.39 is 0 Å². The van der Waals surface area contributed by atoms with Gasteiger partial charge in [0.15, 0.2) is 0 Å². The average Bonchev–Trinajstić information content (AvgIpc) is 2.52. The Balaban J connectivity index is 1.71. The second kappa shape index (κ2) is 8.03. The van der Waals surface area contributed by atoms with Crippen molar-refractivity contribution < 1.29 is 14.6 Å². The van der Waals surface area contributed by atoms with Crippen LogP contribution in [0.4, 0.5) is 0 Å². The largest absolute Gasteiger partial charge is 0.494 e. The molecular weight excluding hydrogens is 266 g/mol. The van der Waals surface area contributed by atoms with E-state index in [4.69, 9.17) is 4.74 Å². The third-order valence-corrected chi connectivity index (χ3v) is 4.03. The molecule has 0 aliphatic carbocycles. The molecule has 0 radical (unpaired) electrons. The fraction of sp³-hybridized carbons (Fsp3) is 0.588. The number of aliphatic hydroxyl groups is 1. The Kier molecular flexibility index (Phi) is 6.05. The number of rotatable bonds is 6. The Labute approximate surface area is 126 Å². The first-order chi connectivity index (χ1) is 10.2. The number of hydrogen-bond donors (Lipinski definition) is 1. The number of piperidine rings is 1. The van der Waals surface area contributed by atoms with Gasteiger partial charge in [0.25, 0.3) is 0 Å². The number of para-hydroxylation sites is 1. The number of nitrogens with zero attached hydrogens (tertiary/aromatic N) is 1. The zero-order chi connectivity index (χ0) is 15.1. The molecule has 1 aliphatic rings. The minimum Gasteiger partial charge on any atom is -0.494 e. The molecular formula is C17H25NO3. The first kappa shape index (κ1) is 15.8. The fourth-order valence-electron chi connectivity index (χ4n) is 2.82. The fourth-order valence-corrected chi connectivity index (χ4v) is 2.82. The number of hydrogen-bond acceptors (Lipinski definition) is 3. The van der Waals surface area contributed by atoms with Gasteiger partial charge in [0.2, 0.25) is 5.91 Å². The SMILES string of the molecule is CC[C@H]1C[C@@H](O)CCN1C(=O)CCCOc1ccccc1. The molecule has 2 atom stereocenters. The van der Waals surface area contributed by atoms with Gasteiger partial charge in [-0.2, -0.15) is 0 Å². The maximum absolute atomic E-state index is 12.3. The Morgan fingerprint density at radius 2 is 2.14 bits per heavy atom. The topological polar surface area (TPSA) is 49.8 Å². The van der Waals surface area contributed by atoms with Crippen LogP contribution >= 0.6 is 0 Å². The van der Waals surface area contributed by atoms with Gasteiger partial charge in [0.05, 0.1) is 12.7 Å². The third-order valence-electron chi connectivity index (χ3n) is 4.03. The van der Waals surface area contributed by atoms with Crippen molar-refractivity contribution in [3.8, 4) is 5.75 Å². The molecule has 1 heterocycles. The van der Waals surface area contributed by atoms with Crippen molar-refractivity contribution in [1.29, 1.82) is 0 Å². The first-order valence-corrected chi connectivity index (χ1v) is 7.86. The Morgan fingerprint density at radius 3 is 2.86 bits per heavy atom. The molecule has 0 bridgehead atoms. The number of amides is 1. The van der Waals surface area contributed by atoms with E-state index in [1.165, 1.54) is 0 Å². The molecule has 1 fully saturated rings. The van der Waals surface area contributed by atoms with E-state index in [0.29, 0.717) is 32.4 Å². The average molecular weight is 291 g/mol. The maximum atomic E-state index is 12.3. The van der Waals surface area contributed by atoms with Crippen molar-refractivity contribution >= 4 is 5.91 Å². The van der Waals surface area contributed by atoms with Crippen molar-refractivity contribution in [2.24, 2.45) is 0 Å². The van der Waals surface area contributed by atoms with Gasteiger partial charge in [-0.1, -0.05) is 25.1 Å². The van der Waals surface area contributed by atoms with Crippen LogP contribution in [0.15, 0.2) is 30.3 Å². The van der Waals surface area contributed by atoms with Crippen LogP contribution in [0, 0.1) is 0 Å². The summed E-state index contributed by atoms with van der Waals surface area (Å²) in [6.07, 6.45) is 3.30. The molecule has 0 aromatic heterocycles. The molecule has 1 aromatic carbocycles. The molecule has 1 saturated heterocycles. The van der Waals surface area contributed by atoms with E-state index >= 15 is 0 Å². The number of aliphatic hydroxyl groups excluding tert-OH is 1. The standard InChI is InChI=1S/C17H25NO3/c1-2-14-13-15(19)10-11-18(14)17(20)9-6-12-21-16-7-4-3-5-8-16/h3-5,7-8,14-15,19H,2,6,9-13H2,1H3/t14-,15-/m0/s1. The van der Waals surface area contributed by atoms with Crippen molar-refractivity contribution in [2.75, 3.05) is 13.2 Å². The van der Waals surface area contributed by atoms with E-state index in [1.807, 2.05) is 35.2 Å². The lowest BCUT2D eigenvalue weighted by Gasteiger charge is -2.37. The van der Waals surface area contributed by atoms with Crippen LogP contribution < -0.4 is 4.74 Å². The molecule has 0 spiro atoms. The van der Waals surface area contributed by atoms with Crippen LogP contribution in [0.3, 0.4) is 0 Å². The first-order valence-electron chi connectivity index (χ1n) is 7.86. The van der Waals surface area contributed by atoms with Gasteiger partial charge >= 0.3 is 0 Å². The van der Waals surface area contributed by atoms with Gasteiger partial charge in [-0.05, 0) is 37.8 Å². The molecule has 116 valence electrons. The van der Waals surface area contributed by atoms with Crippen LogP contribution in [0.5, 0.6) is 5.75 Å². The van der Waals surface area contributed by atoms with E-state index in [0.717, 1.165) is 18.6 Å². The summed E-state index contributed by atoms with van der Waals surface area (Å²) in [5.74, 6) is 1.03. The summed E-state index contributed by atoms with van der Waals surface area (Å²) in [7, 11) is 0. The number of carbonyl (C=O) groups is 1. The molecule has 1 aromatic rings. The zero-order valence-electron chi connectivity index (χ0n) is 12.7. The van der Waals surface area contributed by atoms with E-state index in [2.05, 4.69) is 6.92 Å². The molecule has 4 nitrogen and oxygen atoms in total. The van der Waals surface area contributed by atoms with Gasteiger partial charge in [-0.15, -0.1) is 0 Å². The summed E-state index contributed by atoms with van der Waals surface area (Å²) in [4.78, 5) is 14.2. The van der Waals surface area contributed by atoms with Crippen molar-refractivity contribution in [1.82, 2.24) is 4.90 Å². The van der Waals surface area contributed by atoms with E-state index in [9.17, 15) is 9.90 Å². The monoisotopic (exact) mass is 291 g/mol. The molecule has 0 unspecified atom stereocenters. The predicted molar refractivity (Wildman–Crippen MR) is 82.2 cm³/mol. The maximum Gasteiger partial charge on any atom is 0.222 e. The highest BCUT2D eigenvalue weighted by atomic mass is 16.5. The number of ether oxygens (including phenoxy) is 1. The quantitative estimate of drug-likeness (QED) is 0.820. The summed E-state index contributed by atoms with van der Waals surface area (Å²) in [5.41, 5.74) is 0. The third kappa shape index (κ3) is 4.74. The summed E-state index contributed by atoms with van der Waals surface area (Å²) in [6.45, 7) is 3.31. The normalized spacial score (nSPS) is 22.1. The van der Waals surface area contributed by atoms with Gasteiger partial charge < -0.3 is 14.7 Å². The number of carbonyl (C=O) groups excluding carboxylic acids is 1. The van der Waals surface area contributed by atoms with Crippen LogP contribution in [0.1, 0.15) is 39.0 Å². The van der Waals surface area contributed by atoms with Gasteiger partial charge in [0, 0.05) is 19.0 Å². The van der Waals surface area contributed by atoms with E-state index in [1.54, 1.807) is 0 Å². The molecule has 0 saturated carbocycles. The van der Waals surface area contributed by atoms with Crippen LogP contribution in [-0.2, 0) is 4.79 Å². The highest BCUT2D eigenvalue weighted by molar-refractivity contribution is 5.76. The molecule has 4 heteroatoms. The summed E-state index contributed by atoms with van der Waals surface area (Å²) >= 11 is 0. The minimum atomic E-state index is -0.250.